The largest absolute Gasteiger partial charge is 0.389 e. The third-order valence-electron chi connectivity index (χ3n) is 4.65. The van der Waals surface area contributed by atoms with Gasteiger partial charge in [0.25, 0.3) is 0 Å². The van der Waals surface area contributed by atoms with Crippen molar-refractivity contribution >= 4 is 11.6 Å². The first-order valence-electron chi connectivity index (χ1n) is 8.99. The van der Waals surface area contributed by atoms with Crippen LogP contribution < -0.4 is 4.90 Å². The third kappa shape index (κ3) is 4.62. The number of anilines is 1. The number of para-hydroxylation sites is 1. The van der Waals surface area contributed by atoms with E-state index in [0.717, 1.165) is 16.8 Å². The van der Waals surface area contributed by atoms with E-state index in [1.165, 1.54) is 0 Å². The fourth-order valence-corrected chi connectivity index (χ4v) is 3.39. The van der Waals surface area contributed by atoms with Gasteiger partial charge in [-0.25, -0.2) is 0 Å². The molecular formula is C21H26N2O3. The van der Waals surface area contributed by atoms with Crippen molar-refractivity contribution in [1.82, 2.24) is 4.90 Å². The highest BCUT2D eigenvalue weighted by Gasteiger charge is 2.23. The van der Waals surface area contributed by atoms with Gasteiger partial charge in [-0.15, -0.1) is 0 Å². The molecular weight excluding hydrogens is 328 g/mol. The van der Waals surface area contributed by atoms with Gasteiger partial charge in [-0.2, -0.15) is 0 Å². The van der Waals surface area contributed by atoms with E-state index >= 15 is 0 Å². The Morgan fingerprint density at radius 2 is 1.81 bits per heavy atom. The second-order valence-corrected chi connectivity index (χ2v) is 6.67. The number of aliphatic hydroxyl groups excluding tert-OH is 1. The average Bonchev–Trinajstić information content (AvgIpc) is 2.65. The topological polar surface area (TPSA) is 53.0 Å². The predicted octanol–water partition coefficient (Wildman–Crippen LogP) is 2.43. The van der Waals surface area contributed by atoms with Crippen LogP contribution in [0.1, 0.15) is 17.5 Å². The van der Waals surface area contributed by atoms with Crippen LogP contribution in [0.25, 0.3) is 0 Å². The first-order chi connectivity index (χ1) is 12.7. The maximum Gasteiger partial charge on any atom is 0.224 e. The number of carbonyl (C=O) groups is 1. The third-order valence-corrected chi connectivity index (χ3v) is 4.65. The molecule has 2 aromatic carbocycles. The van der Waals surface area contributed by atoms with Crippen molar-refractivity contribution in [3.63, 3.8) is 0 Å². The molecule has 1 N–H and O–H groups in total. The molecule has 5 heteroatoms. The molecule has 2 aromatic rings. The highest BCUT2D eigenvalue weighted by molar-refractivity contribution is 5.78. The van der Waals surface area contributed by atoms with E-state index in [9.17, 15) is 9.90 Å². The van der Waals surface area contributed by atoms with Gasteiger partial charge in [-0.05, 0) is 17.2 Å². The number of amides is 1. The van der Waals surface area contributed by atoms with Crippen LogP contribution in [-0.2, 0) is 22.6 Å². The van der Waals surface area contributed by atoms with Crippen molar-refractivity contribution in [2.75, 3.05) is 31.7 Å². The van der Waals surface area contributed by atoms with Crippen LogP contribution in [0.5, 0.6) is 0 Å². The monoisotopic (exact) mass is 354 g/mol. The Balaban J connectivity index is 1.82. The summed E-state index contributed by atoms with van der Waals surface area (Å²) < 4.78 is 5.04. The molecule has 0 aromatic heterocycles. The Kier molecular flexibility index (Phi) is 6.26. The van der Waals surface area contributed by atoms with Gasteiger partial charge in [0.2, 0.25) is 5.91 Å². The van der Waals surface area contributed by atoms with Gasteiger partial charge < -0.3 is 19.6 Å². The van der Waals surface area contributed by atoms with Crippen molar-refractivity contribution in [2.24, 2.45) is 0 Å². The van der Waals surface area contributed by atoms with Gasteiger partial charge >= 0.3 is 0 Å². The first-order valence-corrected chi connectivity index (χ1v) is 8.99. The summed E-state index contributed by atoms with van der Waals surface area (Å²) in [4.78, 5) is 16.8. The van der Waals surface area contributed by atoms with Crippen molar-refractivity contribution in [3.8, 4) is 0 Å². The summed E-state index contributed by atoms with van der Waals surface area (Å²) in [5, 5.41) is 10.1. The number of benzene rings is 2. The smallest absolute Gasteiger partial charge is 0.224 e. The number of β-amino-alcohol motifs (C(OH)–C–C–N with tert-alkyl or cyclic N) is 1. The normalized spacial score (nSPS) is 16.0. The molecule has 1 aliphatic rings. The molecule has 1 unspecified atom stereocenters. The molecule has 0 radical (unpaired) electrons. The SMILES string of the molecule is COCC(O)CN1CCC(=O)N(Cc2ccccc2)Cc2ccccc21. The molecule has 0 bridgehead atoms. The van der Waals surface area contributed by atoms with Crippen LogP contribution in [-0.4, -0.2) is 48.8 Å². The molecule has 3 rings (SSSR count). The zero-order valence-electron chi connectivity index (χ0n) is 15.2. The summed E-state index contributed by atoms with van der Waals surface area (Å²) in [7, 11) is 1.58. The van der Waals surface area contributed by atoms with Crippen molar-refractivity contribution in [2.45, 2.75) is 25.6 Å². The number of aliphatic hydroxyl groups is 1. The minimum atomic E-state index is -0.581. The van der Waals surface area contributed by atoms with E-state index in [0.29, 0.717) is 32.6 Å². The van der Waals surface area contributed by atoms with Crippen molar-refractivity contribution in [1.29, 1.82) is 0 Å². The summed E-state index contributed by atoms with van der Waals surface area (Å²) in [6.07, 6.45) is -0.149. The maximum absolute atomic E-state index is 12.8. The molecule has 138 valence electrons. The average molecular weight is 354 g/mol. The lowest BCUT2D eigenvalue weighted by Crippen LogP contribution is -2.41. The Hall–Kier alpha value is -2.37. The molecule has 1 amide bonds. The summed E-state index contributed by atoms with van der Waals surface area (Å²) >= 11 is 0. The second-order valence-electron chi connectivity index (χ2n) is 6.67. The van der Waals surface area contributed by atoms with Crippen LogP contribution in [0, 0.1) is 0 Å². The number of ether oxygens (including phenoxy) is 1. The molecule has 1 aliphatic heterocycles. The van der Waals surface area contributed by atoms with Gasteiger partial charge in [-0.1, -0.05) is 48.5 Å². The Morgan fingerprint density at radius 3 is 2.58 bits per heavy atom. The molecule has 26 heavy (non-hydrogen) atoms. The molecule has 5 nitrogen and oxygen atoms in total. The van der Waals surface area contributed by atoms with Crippen LogP contribution in [0.15, 0.2) is 54.6 Å². The molecule has 0 aliphatic carbocycles. The Bertz CT molecular complexity index is 720. The van der Waals surface area contributed by atoms with Crippen molar-refractivity contribution in [3.05, 3.63) is 65.7 Å². The fourth-order valence-electron chi connectivity index (χ4n) is 3.39. The van der Waals surface area contributed by atoms with Gasteiger partial charge in [0.15, 0.2) is 0 Å². The minimum Gasteiger partial charge on any atom is -0.389 e. The lowest BCUT2D eigenvalue weighted by molar-refractivity contribution is -0.132. The zero-order valence-corrected chi connectivity index (χ0v) is 15.2. The molecule has 1 heterocycles. The Labute approximate surface area is 154 Å². The van der Waals surface area contributed by atoms with Crippen LogP contribution in [0.3, 0.4) is 0 Å². The highest BCUT2D eigenvalue weighted by atomic mass is 16.5. The van der Waals surface area contributed by atoms with Gasteiger partial charge in [0, 0.05) is 45.4 Å². The number of hydrogen-bond acceptors (Lipinski definition) is 4. The van der Waals surface area contributed by atoms with E-state index in [4.69, 9.17) is 4.74 Å². The van der Waals surface area contributed by atoms with E-state index in [-0.39, 0.29) is 12.5 Å². The van der Waals surface area contributed by atoms with Gasteiger partial charge in [0.1, 0.15) is 0 Å². The van der Waals surface area contributed by atoms with Crippen molar-refractivity contribution < 1.29 is 14.6 Å². The van der Waals surface area contributed by atoms with E-state index < -0.39 is 6.10 Å². The van der Waals surface area contributed by atoms with Crippen LogP contribution >= 0.6 is 0 Å². The summed E-state index contributed by atoms with van der Waals surface area (Å²) in [6, 6.07) is 18.2. The van der Waals surface area contributed by atoms with E-state index in [1.54, 1.807) is 7.11 Å². The van der Waals surface area contributed by atoms with Gasteiger partial charge in [0.05, 0.1) is 12.7 Å². The Morgan fingerprint density at radius 1 is 1.08 bits per heavy atom. The molecule has 0 spiro atoms. The lowest BCUT2D eigenvalue weighted by Gasteiger charge is -2.34. The van der Waals surface area contributed by atoms with E-state index in [1.807, 2.05) is 47.4 Å². The predicted molar refractivity (Wildman–Crippen MR) is 102 cm³/mol. The number of nitrogens with zero attached hydrogens (tertiary/aromatic N) is 2. The van der Waals surface area contributed by atoms with E-state index in [2.05, 4.69) is 17.0 Å². The van der Waals surface area contributed by atoms with Crippen LogP contribution in [0.4, 0.5) is 5.69 Å². The minimum absolute atomic E-state index is 0.134. The fraction of sp³-hybridized carbons (Fsp3) is 0.381. The maximum atomic E-state index is 12.8. The summed E-state index contributed by atoms with van der Waals surface area (Å²) in [5.74, 6) is 0.134. The summed E-state index contributed by atoms with van der Waals surface area (Å²) in [6.45, 7) is 2.51. The molecule has 0 fully saturated rings. The quantitative estimate of drug-likeness (QED) is 0.866. The first kappa shape index (κ1) is 18.4. The van der Waals surface area contributed by atoms with Crippen LogP contribution in [0.2, 0.25) is 0 Å². The zero-order chi connectivity index (χ0) is 18.4. The van der Waals surface area contributed by atoms with Gasteiger partial charge in [-0.3, -0.25) is 4.79 Å². The molecule has 0 saturated heterocycles. The number of fused-ring (bicyclic) bond motifs is 1. The second kappa shape index (κ2) is 8.83. The highest BCUT2D eigenvalue weighted by Crippen LogP contribution is 2.26. The molecule has 1 atom stereocenters. The number of methoxy groups -OCH3 is 1. The standard InChI is InChI=1S/C21H26N2O3/c1-26-16-19(24)15-22-12-11-21(25)23(13-17-7-3-2-4-8-17)14-18-9-5-6-10-20(18)22/h2-10,19,24H,11-16H2,1H3. The molecule has 0 saturated carbocycles. The number of rotatable bonds is 6. The number of carbonyl (C=O) groups excluding carboxylic acids is 1. The lowest BCUT2D eigenvalue weighted by atomic mass is 10.1. The summed E-state index contributed by atoms with van der Waals surface area (Å²) in [5.41, 5.74) is 3.31. The number of hydrogen-bond donors (Lipinski definition) is 1.